The summed E-state index contributed by atoms with van der Waals surface area (Å²) in [7, 11) is 3.44. The van der Waals surface area contributed by atoms with Crippen LogP contribution in [0.5, 0.6) is 11.5 Å². The minimum Gasteiger partial charge on any atom is -0.497 e. The Morgan fingerprint density at radius 1 is 1.21 bits per heavy atom. The van der Waals surface area contributed by atoms with Crippen LogP contribution < -0.4 is 9.47 Å². The second kappa shape index (κ2) is 5.96. The van der Waals surface area contributed by atoms with Gasteiger partial charge in [-0.15, -0.1) is 11.8 Å². The van der Waals surface area contributed by atoms with Crippen molar-refractivity contribution < 1.29 is 9.47 Å². The number of benzene rings is 1. The van der Waals surface area contributed by atoms with Crippen LogP contribution in [0.1, 0.15) is 43.1 Å². The smallest absolute Gasteiger partial charge is 0.127 e. The molecule has 4 atom stereocenters. The maximum Gasteiger partial charge on any atom is 0.127 e. The third-order valence-electron chi connectivity index (χ3n) is 3.86. The van der Waals surface area contributed by atoms with Gasteiger partial charge in [0.15, 0.2) is 0 Å². The molecule has 1 aliphatic heterocycles. The van der Waals surface area contributed by atoms with Crippen molar-refractivity contribution in [3.8, 4) is 11.5 Å². The van der Waals surface area contributed by atoms with Crippen molar-refractivity contribution in [2.24, 2.45) is 0 Å². The van der Waals surface area contributed by atoms with Gasteiger partial charge in [0, 0.05) is 27.0 Å². The molecule has 1 aliphatic rings. The first-order valence-corrected chi connectivity index (χ1v) is 8.40. The molecular weight excluding hydrogens is 324 g/mol. The highest BCUT2D eigenvalue weighted by atomic mass is 79.9. The lowest BCUT2D eigenvalue weighted by Gasteiger charge is -2.36. The lowest BCUT2D eigenvalue weighted by molar-refractivity contribution is 0.388. The fraction of sp³-hybridized carbons (Fsp3) is 0.600. The van der Waals surface area contributed by atoms with Gasteiger partial charge in [0.05, 0.1) is 14.2 Å². The molecule has 0 aromatic heterocycles. The Labute approximate surface area is 128 Å². The lowest BCUT2D eigenvalue weighted by Crippen LogP contribution is -2.23. The van der Waals surface area contributed by atoms with Crippen LogP contribution >= 0.6 is 27.7 Å². The number of thioether (sulfide) groups is 1. The van der Waals surface area contributed by atoms with Crippen LogP contribution in [-0.4, -0.2) is 24.3 Å². The third kappa shape index (κ3) is 2.75. The predicted molar refractivity (Wildman–Crippen MR) is 86.1 cm³/mol. The van der Waals surface area contributed by atoms with Crippen LogP contribution in [0.3, 0.4) is 0 Å². The zero-order valence-corrected chi connectivity index (χ0v) is 14.5. The van der Waals surface area contributed by atoms with Gasteiger partial charge in [-0.25, -0.2) is 0 Å². The van der Waals surface area contributed by atoms with Crippen LogP contribution in [0.4, 0.5) is 0 Å². The molecule has 0 spiro atoms. The molecule has 1 aromatic carbocycles. The molecule has 0 amide bonds. The van der Waals surface area contributed by atoms with Crippen LogP contribution in [-0.2, 0) is 0 Å². The Morgan fingerprint density at radius 3 is 2.42 bits per heavy atom. The summed E-state index contributed by atoms with van der Waals surface area (Å²) in [4.78, 5) is 0.411. The van der Waals surface area contributed by atoms with E-state index in [2.05, 4.69) is 42.8 Å². The highest BCUT2D eigenvalue weighted by Crippen LogP contribution is 2.53. The molecule has 0 bridgehead atoms. The molecule has 2 rings (SSSR count). The van der Waals surface area contributed by atoms with E-state index in [4.69, 9.17) is 9.47 Å². The van der Waals surface area contributed by atoms with E-state index >= 15 is 0 Å². The molecule has 0 aliphatic carbocycles. The molecule has 0 radical (unpaired) electrons. The zero-order chi connectivity index (χ0) is 14.2. The van der Waals surface area contributed by atoms with Crippen molar-refractivity contribution in [3.05, 3.63) is 23.3 Å². The van der Waals surface area contributed by atoms with E-state index in [9.17, 15) is 0 Å². The van der Waals surface area contributed by atoms with Gasteiger partial charge in [-0.2, -0.15) is 0 Å². The highest BCUT2D eigenvalue weighted by molar-refractivity contribution is 9.09. The Bertz CT molecular complexity index is 462. The first-order chi connectivity index (χ1) is 8.99. The average molecular weight is 345 g/mol. The first-order valence-electron chi connectivity index (χ1n) is 6.55. The minimum atomic E-state index is 0.411. The molecule has 1 aromatic rings. The number of hydrogen-bond acceptors (Lipinski definition) is 3. The number of fused-ring (bicyclic) bond motifs is 1. The number of hydrogen-bond donors (Lipinski definition) is 0. The van der Waals surface area contributed by atoms with Gasteiger partial charge in [-0.05, 0) is 17.5 Å². The van der Waals surface area contributed by atoms with Crippen molar-refractivity contribution in [1.29, 1.82) is 0 Å². The maximum absolute atomic E-state index is 5.60. The average Bonchev–Trinajstić information content (AvgIpc) is 2.41. The number of alkyl halides is 1. The van der Waals surface area contributed by atoms with E-state index in [1.54, 1.807) is 14.2 Å². The van der Waals surface area contributed by atoms with Gasteiger partial charge < -0.3 is 9.47 Å². The second-order valence-corrected chi connectivity index (χ2v) is 8.03. The van der Waals surface area contributed by atoms with E-state index in [1.165, 1.54) is 11.1 Å². The van der Waals surface area contributed by atoms with Gasteiger partial charge >= 0.3 is 0 Å². The van der Waals surface area contributed by atoms with Crippen molar-refractivity contribution in [3.63, 3.8) is 0 Å². The first kappa shape index (κ1) is 15.0. The highest BCUT2D eigenvalue weighted by Gasteiger charge is 2.35. The van der Waals surface area contributed by atoms with Gasteiger partial charge in [0.1, 0.15) is 11.5 Å². The Hall–Kier alpha value is -0.350. The van der Waals surface area contributed by atoms with E-state index in [1.807, 2.05) is 17.8 Å². The zero-order valence-electron chi connectivity index (χ0n) is 12.1. The summed E-state index contributed by atoms with van der Waals surface area (Å²) in [6.07, 6.45) is 0. The molecule has 1 heterocycles. The van der Waals surface area contributed by atoms with Gasteiger partial charge in [0.2, 0.25) is 0 Å². The quantitative estimate of drug-likeness (QED) is 0.736. The Morgan fingerprint density at radius 2 is 1.89 bits per heavy atom. The van der Waals surface area contributed by atoms with Crippen LogP contribution in [0.15, 0.2) is 12.1 Å². The number of halogens is 1. The molecule has 4 unspecified atom stereocenters. The number of rotatable bonds is 3. The standard InChI is InChI=1S/C15H21BrO2S/c1-8-10(3)19-15(9(2)16)14-12(8)6-11(17-4)7-13(14)18-5/h6-10,15H,1-5H3. The fourth-order valence-electron chi connectivity index (χ4n) is 2.60. The number of methoxy groups -OCH3 is 2. The van der Waals surface area contributed by atoms with Gasteiger partial charge in [-0.3, -0.25) is 0 Å². The summed E-state index contributed by atoms with van der Waals surface area (Å²) in [5.41, 5.74) is 2.68. The molecule has 19 heavy (non-hydrogen) atoms. The van der Waals surface area contributed by atoms with E-state index in [-0.39, 0.29) is 0 Å². The van der Waals surface area contributed by atoms with Crippen molar-refractivity contribution in [2.75, 3.05) is 14.2 Å². The summed E-state index contributed by atoms with van der Waals surface area (Å²) < 4.78 is 11.0. The van der Waals surface area contributed by atoms with Crippen LogP contribution in [0.25, 0.3) is 0 Å². The van der Waals surface area contributed by atoms with Crippen LogP contribution in [0.2, 0.25) is 0 Å². The monoisotopic (exact) mass is 344 g/mol. The third-order valence-corrected chi connectivity index (χ3v) is 6.51. The largest absolute Gasteiger partial charge is 0.497 e. The normalized spacial score (nSPS) is 27.6. The van der Waals surface area contributed by atoms with E-state index < -0.39 is 0 Å². The summed E-state index contributed by atoms with van der Waals surface area (Å²) in [6, 6.07) is 4.16. The molecule has 0 N–H and O–H groups in total. The van der Waals surface area contributed by atoms with Crippen molar-refractivity contribution in [2.45, 2.75) is 42.0 Å². The summed E-state index contributed by atoms with van der Waals surface area (Å²) >= 11 is 5.77. The molecule has 2 nitrogen and oxygen atoms in total. The van der Waals surface area contributed by atoms with Crippen LogP contribution in [0, 0.1) is 0 Å². The topological polar surface area (TPSA) is 18.5 Å². The number of ether oxygens (including phenoxy) is 2. The summed E-state index contributed by atoms with van der Waals surface area (Å²) in [6.45, 7) is 6.78. The molecule has 106 valence electrons. The lowest BCUT2D eigenvalue weighted by atomic mass is 9.89. The summed E-state index contributed by atoms with van der Waals surface area (Å²) in [5.74, 6) is 2.32. The van der Waals surface area contributed by atoms with Crippen molar-refractivity contribution in [1.82, 2.24) is 0 Å². The molecule has 4 heteroatoms. The van der Waals surface area contributed by atoms with E-state index in [0.29, 0.717) is 21.2 Å². The Kier molecular flexibility index (Phi) is 4.72. The van der Waals surface area contributed by atoms with E-state index in [0.717, 1.165) is 11.5 Å². The van der Waals surface area contributed by atoms with Crippen molar-refractivity contribution >= 4 is 27.7 Å². The molecular formula is C15H21BrO2S. The minimum absolute atomic E-state index is 0.411. The molecule has 0 saturated heterocycles. The molecule has 0 saturated carbocycles. The second-order valence-electron chi connectivity index (χ2n) is 5.06. The molecule has 0 fully saturated rings. The Balaban J connectivity index is 2.62. The SMILES string of the molecule is COc1cc(OC)c2c(c1)C(C)C(C)SC2C(C)Br. The fourth-order valence-corrected chi connectivity index (χ4v) is 4.69. The predicted octanol–water partition coefficient (Wildman–Crippen LogP) is 4.77. The summed E-state index contributed by atoms with van der Waals surface area (Å²) in [5, 5.41) is 1.01. The van der Waals surface area contributed by atoms with Gasteiger partial charge in [-0.1, -0.05) is 36.7 Å². The van der Waals surface area contributed by atoms with Gasteiger partial charge in [0.25, 0.3) is 0 Å². The maximum atomic E-state index is 5.60.